The van der Waals surface area contributed by atoms with Crippen LogP contribution in [0.2, 0.25) is 0 Å². The maximum Gasteiger partial charge on any atom is 0.306 e. The van der Waals surface area contributed by atoms with Crippen molar-refractivity contribution in [3.63, 3.8) is 0 Å². The molecular formula is C28H46O3. The molecule has 0 amide bonds. The first-order valence-electron chi connectivity index (χ1n) is 13.7. The van der Waals surface area contributed by atoms with Gasteiger partial charge in [0.25, 0.3) is 0 Å². The Labute approximate surface area is 190 Å². The molecule has 0 saturated heterocycles. The lowest BCUT2D eigenvalue weighted by molar-refractivity contribution is -0.154. The molecule has 0 radical (unpaired) electrons. The fourth-order valence-corrected chi connectivity index (χ4v) is 8.25. The van der Waals surface area contributed by atoms with E-state index in [0.717, 1.165) is 49.9 Å². The largest absolute Gasteiger partial charge is 0.462 e. The topological polar surface area (TPSA) is 43.4 Å². The average Bonchev–Trinajstić information content (AvgIpc) is 3.16. The second-order valence-corrected chi connectivity index (χ2v) is 11.7. The van der Waals surface area contributed by atoms with Gasteiger partial charge in [-0.3, -0.25) is 9.59 Å². The van der Waals surface area contributed by atoms with E-state index in [1.54, 1.807) is 0 Å². The van der Waals surface area contributed by atoms with E-state index in [1.165, 1.54) is 70.6 Å². The zero-order valence-corrected chi connectivity index (χ0v) is 20.2. The predicted octanol–water partition coefficient (Wildman–Crippen LogP) is 7.26. The predicted molar refractivity (Wildman–Crippen MR) is 125 cm³/mol. The van der Waals surface area contributed by atoms with E-state index in [-0.39, 0.29) is 12.1 Å². The Balaban J connectivity index is 1.24. The molecule has 0 aromatic heterocycles. The zero-order valence-electron chi connectivity index (χ0n) is 20.2. The van der Waals surface area contributed by atoms with Crippen molar-refractivity contribution in [3.8, 4) is 0 Å². The number of esters is 1. The van der Waals surface area contributed by atoms with Crippen LogP contribution in [0.4, 0.5) is 0 Å². The summed E-state index contributed by atoms with van der Waals surface area (Å²) in [6, 6.07) is 0. The Morgan fingerprint density at radius 3 is 2.42 bits per heavy atom. The maximum atomic E-state index is 12.5. The number of hydrogen-bond donors (Lipinski definition) is 0. The number of ether oxygens (including phenoxy) is 1. The summed E-state index contributed by atoms with van der Waals surface area (Å²) < 4.78 is 6.07. The minimum atomic E-state index is 0.0581. The molecule has 6 unspecified atom stereocenters. The molecule has 0 spiro atoms. The third-order valence-corrected chi connectivity index (χ3v) is 10.0. The smallest absolute Gasteiger partial charge is 0.306 e. The van der Waals surface area contributed by atoms with Gasteiger partial charge >= 0.3 is 5.97 Å². The zero-order chi connectivity index (χ0) is 21.8. The van der Waals surface area contributed by atoms with Crippen LogP contribution in [0.15, 0.2) is 0 Å². The van der Waals surface area contributed by atoms with Gasteiger partial charge in [-0.2, -0.15) is 0 Å². The fraction of sp³-hybridized carbons (Fsp3) is 0.929. The van der Waals surface area contributed by atoms with E-state index >= 15 is 0 Å². The molecule has 4 fully saturated rings. The minimum Gasteiger partial charge on any atom is -0.462 e. The van der Waals surface area contributed by atoms with Crippen LogP contribution in [0, 0.1) is 35.0 Å². The standard InChI is InChI=1S/C28H46O3/c1-3-4-5-6-7-8-9-10-27(30)31-26-16-14-22-23-12-11-20-19-21(29)17-18-28(20,2)25(23)15-13-24(22)26/h20,22-26H,3-19H2,1-2H3/t20?,22?,23?,24?,25?,26?,28-/m0/s1. The van der Waals surface area contributed by atoms with E-state index in [1.807, 2.05) is 0 Å². The van der Waals surface area contributed by atoms with Crippen LogP contribution < -0.4 is 0 Å². The lowest BCUT2D eigenvalue weighted by atomic mass is 9.47. The highest BCUT2D eigenvalue weighted by Crippen LogP contribution is 2.62. The van der Waals surface area contributed by atoms with Crippen molar-refractivity contribution < 1.29 is 14.3 Å². The van der Waals surface area contributed by atoms with Gasteiger partial charge in [0.05, 0.1) is 0 Å². The van der Waals surface area contributed by atoms with Crippen LogP contribution in [0.3, 0.4) is 0 Å². The molecule has 3 nitrogen and oxygen atoms in total. The van der Waals surface area contributed by atoms with Crippen LogP contribution in [0.1, 0.15) is 123 Å². The molecule has 4 aliphatic carbocycles. The molecular weight excluding hydrogens is 384 g/mol. The van der Waals surface area contributed by atoms with Crippen molar-refractivity contribution in [2.75, 3.05) is 0 Å². The van der Waals surface area contributed by atoms with Crippen LogP contribution >= 0.6 is 0 Å². The van der Waals surface area contributed by atoms with Crippen molar-refractivity contribution in [1.82, 2.24) is 0 Å². The van der Waals surface area contributed by atoms with Gasteiger partial charge in [0.2, 0.25) is 0 Å². The van der Waals surface area contributed by atoms with E-state index in [9.17, 15) is 9.59 Å². The van der Waals surface area contributed by atoms with Crippen LogP contribution in [0.25, 0.3) is 0 Å². The highest BCUT2D eigenvalue weighted by atomic mass is 16.5. The molecule has 31 heavy (non-hydrogen) atoms. The molecule has 0 aromatic carbocycles. The van der Waals surface area contributed by atoms with Crippen molar-refractivity contribution in [1.29, 1.82) is 0 Å². The van der Waals surface area contributed by atoms with E-state index in [2.05, 4.69) is 13.8 Å². The second-order valence-electron chi connectivity index (χ2n) is 11.7. The molecule has 4 aliphatic rings. The van der Waals surface area contributed by atoms with Crippen molar-refractivity contribution >= 4 is 11.8 Å². The number of unbranched alkanes of at least 4 members (excludes halogenated alkanes) is 6. The highest BCUT2D eigenvalue weighted by molar-refractivity contribution is 5.79. The Morgan fingerprint density at radius 2 is 1.61 bits per heavy atom. The summed E-state index contributed by atoms with van der Waals surface area (Å²) in [4.78, 5) is 24.6. The number of Topliss-reactive ketones (excluding diaryl/α,β-unsaturated/α-hetero) is 1. The first-order valence-corrected chi connectivity index (χ1v) is 13.7. The van der Waals surface area contributed by atoms with E-state index in [0.29, 0.717) is 29.5 Å². The molecule has 7 atom stereocenters. The summed E-state index contributed by atoms with van der Waals surface area (Å²) in [7, 11) is 0. The maximum absolute atomic E-state index is 12.5. The van der Waals surface area contributed by atoms with E-state index in [4.69, 9.17) is 4.74 Å². The third-order valence-electron chi connectivity index (χ3n) is 10.0. The molecule has 0 aliphatic heterocycles. The van der Waals surface area contributed by atoms with Crippen molar-refractivity contribution in [2.45, 2.75) is 129 Å². The summed E-state index contributed by atoms with van der Waals surface area (Å²) in [5, 5.41) is 0. The van der Waals surface area contributed by atoms with Crippen LogP contribution in [0.5, 0.6) is 0 Å². The second kappa shape index (κ2) is 10.4. The Morgan fingerprint density at radius 1 is 0.903 bits per heavy atom. The van der Waals surface area contributed by atoms with E-state index < -0.39 is 0 Å². The van der Waals surface area contributed by atoms with Gasteiger partial charge in [-0.25, -0.2) is 0 Å². The lowest BCUT2D eigenvalue weighted by Gasteiger charge is -2.57. The average molecular weight is 431 g/mol. The van der Waals surface area contributed by atoms with Gasteiger partial charge in [0.15, 0.2) is 0 Å². The molecule has 4 rings (SSSR count). The van der Waals surface area contributed by atoms with Crippen LogP contribution in [-0.2, 0) is 14.3 Å². The number of ketones is 1. The first kappa shape index (κ1) is 23.3. The highest BCUT2D eigenvalue weighted by Gasteiger charge is 2.56. The summed E-state index contributed by atoms with van der Waals surface area (Å²) in [5.74, 6) is 4.15. The molecule has 4 saturated carbocycles. The van der Waals surface area contributed by atoms with Crippen molar-refractivity contribution in [3.05, 3.63) is 0 Å². The van der Waals surface area contributed by atoms with Gasteiger partial charge in [0.1, 0.15) is 11.9 Å². The molecule has 0 bridgehead atoms. The van der Waals surface area contributed by atoms with Gasteiger partial charge in [0, 0.05) is 19.3 Å². The SMILES string of the molecule is CCCCCCCCCC(=O)OC1CCC2C1CCC1C2CCC2CC(=O)CC[C@@]21C. The summed E-state index contributed by atoms with van der Waals surface area (Å²) in [6.45, 7) is 4.76. The summed E-state index contributed by atoms with van der Waals surface area (Å²) in [6.07, 6.45) is 19.7. The number of carbonyl (C=O) groups is 2. The summed E-state index contributed by atoms with van der Waals surface area (Å²) >= 11 is 0. The Bertz CT molecular complexity index is 628. The molecule has 0 N–H and O–H groups in total. The number of hydrogen-bond acceptors (Lipinski definition) is 3. The van der Waals surface area contributed by atoms with Gasteiger partial charge in [-0.1, -0.05) is 52.4 Å². The van der Waals surface area contributed by atoms with Gasteiger partial charge < -0.3 is 4.74 Å². The molecule has 0 heterocycles. The van der Waals surface area contributed by atoms with Crippen LogP contribution in [-0.4, -0.2) is 17.9 Å². The monoisotopic (exact) mass is 430 g/mol. The van der Waals surface area contributed by atoms with Gasteiger partial charge in [-0.15, -0.1) is 0 Å². The first-order chi connectivity index (χ1) is 15.0. The Hall–Kier alpha value is -0.860. The Kier molecular flexibility index (Phi) is 7.81. The number of fused-ring (bicyclic) bond motifs is 5. The summed E-state index contributed by atoms with van der Waals surface area (Å²) in [5.41, 5.74) is 0.383. The lowest BCUT2D eigenvalue weighted by Crippen LogP contribution is -2.51. The fourth-order valence-electron chi connectivity index (χ4n) is 8.25. The normalized spacial score (nSPS) is 39.5. The van der Waals surface area contributed by atoms with Gasteiger partial charge in [-0.05, 0) is 86.4 Å². The molecule has 176 valence electrons. The van der Waals surface area contributed by atoms with Crippen molar-refractivity contribution in [2.24, 2.45) is 35.0 Å². The number of carbonyl (C=O) groups excluding carboxylic acids is 2. The molecule has 0 aromatic rings. The quantitative estimate of drug-likeness (QED) is 0.285. The molecule has 3 heteroatoms. The third kappa shape index (κ3) is 5.06. The number of rotatable bonds is 9. The minimum absolute atomic E-state index is 0.0581.